The van der Waals surface area contributed by atoms with Crippen molar-refractivity contribution in [2.24, 2.45) is 0 Å². The van der Waals surface area contributed by atoms with Crippen LogP contribution < -0.4 is 5.32 Å². The maximum absolute atomic E-state index is 11.2. The number of methoxy groups -OCH3 is 2. The monoisotopic (exact) mass is 273 g/mol. The molecule has 112 valence electrons. The van der Waals surface area contributed by atoms with Gasteiger partial charge in [0, 0.05) is 12.5 Å². The number of carbonyl (C=O) groups is 2. The second kappa shape index (κ2) is 11.8. The van der Waals surface area contributed by atoms with Gasteiger partial charge in [0.05, 0.1) is 14.2 Å². The number of unbranched alkanes of at least 4 members (excludes halogenated alkanes) is 3. The lowest BCUT2D eigenvalue weighted by molar-refractivity contribution is -0.140. The molecule has 0 aliphatic carbocycles. The van der Waals surface area contributed by atoms with Crippen LogP contribution in [0.3, 0.4) is 0 Å². The first kappa shape index (κ1) is 17.7. The number of rotatable bonds is 10. The standard InChI is InChI=1S/C14H27NO4/c1-4-5-9-12(15-14(17)19-3)10-7-6-8-11-13(16)18-2/h12H,4-11H2,1-3H3,(H,15,17). The molecule has 0 saturated heterocycles. The number of ether oxygens (including phenoxy) is 2. The van der Waals surface area contributed by atoms with E-state index in [-0.39, 0.29) is 18.1 Å². The zero-order valence-electron chi connectivity index (χ0n) is 12.4. The molecule has 1 unspecified atom stereocenters. The summed E-state index contributed by atoms with van der Waals surface area (Å²) in [5, 5.41) is 2.86. The number of carbonyl (C=O) groups excluding carboxylic acids is 2. The Morgan fingerprint density at radius 2 is 1.68 bits per heavy atom. The van der Waals surface area contributed by atoms with E-state index in [1.807, 2.05) is 0 Å². The quantitative estimate of drug-likeness (QED) is 0.491. The van der Waals surface area contributed by atoms with Gasteiger partial charge in [0.1, 0.15) is 0 Å². The Labute approximate surface area is 116 Å². The van der Waals surface area contributed by atoms with Crippen LogP contribution in [-0.2, 0) is 14.3 Å². The molecule has 0 aliphatic rings. The van der Waals surface area contributed by atoms with Crippen molar-refractivity contribution in [3.05, 3.63) is 0 Å². The van der Waals surface area contributed by atoms with Crippen LogP contribution in [-0.4, -0.2) is 32.3 Å². The van der Waals surface area contributed by atoms with E-state index in [4.69, 9.17) is 0 Å². The van der Waals surface area contributed by atoms with Crippen molar-refractivity contribution >= 4 is 12.1 Å². The molecule has 0 rings (SSSR count). The molecule has 0 radical (unpaired) electrons. The second-order valence-electron chi connectivity index (χ2n) is 4.65. The highest BCUT2D eigenvalue weighted by atomic mass is 16.5. The highest BCUT2D eigenvalue weighted by Gasteiger charge is 2.11. The lowest BCUT2D eigenvalue weighted by Gasteiger charge is -2.17. The van der Waals surface area contributed by atoms with Crippen LogP contribution in [0.2, 0.25) is 0 Å². The zero-order valence-corrected chi connectivity index (χ0v) is 12.4. The van der Waals surface area contributed by atoms with Crippen molar-refractivity contribution in [3.8, 4) is 0 Å². The van der Waals surface area contributed by atoms with Crippen LogP contribution in [0.15, 0.2) is 0 Å². The fraction of sp³-hybridized carbons (Fsp3) is 0.857. The molecular weight excluding hydrogens is 246 g/mol. The van der Waals surface area contributed by atoms with E-state index in [1.54, 1.807) is 0 Å². The maximum atomic E-state index is 11.2. The highest BCUT2D eigenvalue weighted by molar-refractivity contribution is 5.69. The fourth-order valence-corrected chi connectivity index (χ4v) is 1.90. The second-order valence-corrected chi connectivity index (χ2v) is 4.65. The molecule has 0 heterocycles. The highest BCUT2D eigenvalue weighted by Crippen LogP contribution is 2.11. The Bertz CT molecular complexity index is 256. The van der Waals surface area contributed by atoms with E-state index < -0.39 is 0 Å². The number of hydrogen-bond acceptors (Lipinski definition) is 4. The average Bonchev–Trinajstić information content (AvgIpc) is 2.43. The van der Waals surface area contributed by atoms with Gasteiger partial charge in [-0.25, -0.2) is 4.79 Å². The van der Waals surface area contributed by atoms with Crippen LogP contribution in [0.1, 0.15) is 58.3 Å². The van der Waals surface area contributed by atoms with Gasteiger partial charge in [-0.15, -0.1) is 0 Å². The summed E-state index contributed by atoms with van der Waals surface area (Å²) in [5.74, 6) is -0.157. The van der Waals surface area contributed by atoms with E-state index in [2.05, 4.69) is 21.7 Å². The van der Waals surface area contributed by atoms with Crippen molar-refractivity contribution in [2.75, 3.05) is 14.2 Å². The molecule has 0 fully saturated rings. The third-order valence-electron chi connectivity index (χ3n) is 3.07. The van der Waals surface area contributed by atoms with E-state index in [9.17, 15) is 9.59 Å². The molecule has 1 N–H and O–H groups in total. The minimum absolute atomic E-state index is 0.157. The number of nitrogens with one attached hydrogen (secondary N) is 1. The van der Waals surface area contributed by atoms with Gasteiger partial charge in [-0.05, 0) is 19.3 Å². The third kappa shape index (κ3) is 10.4. The summed E-state index contributed by atoms with van der Waals surface area (Å²) in [6.07, 6.45) is 7.02. The molecule has 19 heavy (non-hydrogen) atoms. The summed E-state index contributed by atoms with van der Waals surface area (Å²) in [5.41, 5.74) is 0. The summed E-state index contributed by atoms with van der Waals surface area (Å²) >= 11 is 0. The van der Waals surface area contributed by atoms with Gasteiger partial charge < -0.3 is 14.8 Å². The number of amides is 1. The largest absolute Gasteiger partial charge is 0.469 e. The van der Waals surface area contributed by atoms with Gasteiger partial charge in [-0.1, -0.05) is 32.6 Å². The molecule has 0 aromatic carbocycles. The molecule has 5 heteroatoms. The van der Waals surface area contributed by atoms with Crippen molar-refractivity contribution in [1.82, 2.24) is 5.32 Å². The fourth-order valence-electron chi connectivity index (χ4n) is 1.90. The third-order valence-corrected chi connectivity index (χ3v) is 3.07. The number of hydrogen-bond donors (Lipinski definition) is 1. The normalized spacial score (nSPS) is 11.7. The zero-order chi connectivity index (χ0) is 14.5. The van der Waals surface area contributed by atoms with Gasteiger partial charge in [-0.3, -0.25) is 4.79 Å². The van der Waals surface area contributed by atoms with Crippen molar-refractivity contribution in [1.29, 1.82) is 0 Å². The van der Waals surface area contributed by atoms with Gasteiger partial charge >= 0.3 is 12.1 Å². The molecular formula is C14H27NO4. The summed E-state index contributed by atoms with van der Waals surface area (Å²) in [6.45, 7) is 2.13. The summed E-state index contributed by atoms with van der Waals surface area (Å²) in [7, 11) is 2.78. The molecule has 0 spiro atoms. The SMILES string of the molecule is CCCCC(CCCCCC(=O)OC)NC(=O)OC. The molecule has 0 aromatic heterocycles. The minimum Gasteiger partial charge on any atom is -0.469 e. The smallest absolute Gasteiger partial charge is 0.407 e. The first-order valence-corrected chi connectivity index (χ1v) is 7.05. The minimum atomic E-state index is -0.365. The van der Waals surface area contributed by atoms with Crippen molar-refractivity contribution in [3.63, 3.8) is 0 Å². The number of alkyl carbamates (subject to hydrolysis) is 1. The van der Waals surface area contributed by atoms with Crippen LogP contribution in [0.4, 0.5) is 4.79 Å². The van der Waals surface area contributed by atoms with E-state index in [0.29, 0.717) is 6.42 Å². The maximum Gasteiger partial charge on any atom is 0.407 e. The van der Waals surface area contributed by atoms with Crippen LogP contribution in [0.5, 0.6) is 0 Å². The molecule has 5 nitrogen and oxygen atoms in total. The van der Waals surface area contributed by atoms with E-state index >= 15 is 0 Å². The number of esters is 1. The molecule has 0 bridgehead atoms. The molecule has 0 aromatic rings. The Balaban J connectivity index is 3.78. The molecule has 0 aliphatic heterocycles. The Hall–Kier alpha value is -1.26. The predicted molar refractivity (Wildman–Crippen MR) is 74.0 cm³/mol. The Morgan fingerprint density at radius 3 is 2.26 bits per heavy atom. The van der Waals surface area contributed by atoms with Gasteiger partial charge in [0.15, 0.2) is 0 Å². The van der Waals surface area contributed by atoms with Gasteiger partial charge in [0.25, 0.3) is 0 Å². The van der Waals surface area contributed by atoms with E-state index in [1.165, 1.54) is 14.2 Å². The Kier molecular flexibility index (Phi) is 11.0. The van der Waals surface area contributed by atoms with Crippen molar-refractivity contribution in [2.45, 2.75) is 64.3 Å². The topological polar surface area (TPSA) is 64.6 Å². The molecule has 1 amide bonds. The van der Waals surface area contributed by atoms with Crippen LogP contribution in [0, 0.1) is 0 Å². The lowest BCUT2D eigenvalue weighted by atomic mass is 10.0. The predicted octanol–water partition coefficient (Wildman–Crippen LogP) is 3.02. The molecule has 1 atom stereocenters. The van der Waals surface area contributed by atoms with E-state index in [0.717, 1.165) is 44.9 Å². The van der Waals surface area contributed by atoms with Gasteiger partial charge in [0.2, 0.25) is 0 Å². The average molecular weight is 273 g/mol. The summed E-state index contributed by atoms with van der Waals surface area (Å²) in [4.78, 5) is 22.1. The Morgan fingerprint density at radius 1 is 1.00 bits per heavy atom. The van der Waals surface area contributed by atoms with Crippen LogP contribution in [0.25, 0.3) is 0 Å². The first-order chi connectivity index (χ1) is 9.13. The van der Waals surface area contributed by atoms with Crippen LogP contribution >= 0.6 is 0 Å². The summed E-state index contributed by atoms with van der Waals surface area (Å²) in [6, 6.07) is 0.172. The summed E-state index contributed by atoms with van der Waals surface area (Å²) < 4.78 is 9.21. The first-order valence-electron chi connectivity index (χ1n) is 7.05. The van der Waals surface area contributed by atoms with Gasteiger partial charge in [-0.2, -0.15) is 0 Å². The van der Waals surface area contributed by atoms with Crippen molar-refractivity contribution < 1.29 is 19.1 Å². The molecule has 0 saturated carbocycles. The lowest BCUT2D eigenvalue weighted by Crippen LogP contribution is -2.34.